The van der Waals surface area contributed by atoms with Crippen LogP contribution in [0.2, 0.25) is 0 Å². The molecule has 2 heterocycles. The topological polar surface area (TPSA) is 114 Å². The summed E-state index contributed by atoms with van der Waals surface area (Å²) in [7, 11) is 0. The third-order valence-electron chi connectivity index (χ3n) is 2.95. The number of fused-ring (bicyclic) bond motifs is 1. The van der Waals surface area contributed by atoms with Crippen molar-refractivity contribution in [3.05, 3.63) is 40.2 Å². The first-order chi connectivity index (χ1) is 11.0. The van der Waals surface area contributed by atoms with Crippen molar-refractivity contribution in [2.24, 2.45) is 0 Å². The molecule has 0 aliphatic carbocycles. The number of thiazole rings is 1. The van der Waals surface area contributed by atoms with E-state index in [0.717, 1.165) is 27.5 Å². The zero-order valence-corrected chi connectivity index (χ0v) is 13.8. The number of amides is 1. The lowest BCUT2D eigenvalue weighted by Gasteiger charge is -2.02. The van der Waals surface area contributed by atoms with E-state index in [2.05, 4.69) is 20.3 Å². The van der Waals surface area contributed by atoms with E-state index in [1.54, 1.807) is 0 Å². The number of para-hydroxylation sites is 1. The maximum Gasteiger partial charge on any atom is 0.253 e. The summed E-state index contributed by atoms with van der Waals surface area (Å²) in [6.45, 7) is 1.98. The number of benzene rings is 1. The number of carbonyl (C=O) groups excluding carboxylic acids is 1. The Morgan fingerprint density at radius 1 is 1.43 bits per heavy atom. The molecule has 0 spiro atoms. The highest BCUT2D eigenvalue weighted by atomic mass is 32.2. The zero-order chi connectivity index (χ0) is 16.4. The molecule has 0 aliphatic rings. The second-order valence-corrected chi connectivity index (χ2v) is 6.75. The number of hydrogen-bond acceptors (Lipinski definition) is 7. The van der Waals surface area contributed by atoms with Gasteiger partial charge in [-0.3, -0.25) is 9.59 Å². The Balaban J connectivity index is 1.66. The summed E-state index contributed by atoms with van der Waals surface area (Å²) in [5.74, 6) is -0.00326. The minimum Gasteiger partial charge on any atom is -0.383 e. The highest BCUT2D eigenvalue weighted by molar-refractivity contribution is 7.99. The molecule has 0 fully saturated rings. The van der Waals surface area contributed by atoms with Crippen molar-refractivity contribution < 1.29 is 4.79 Å². The number of carbonyl (C=O) groups is 1. The van der Waals surface area contributed by atoms with Crippen LogP contribution in [0.5, 0.6) is 0 Å². The third-order valence-corrected chi connectivity index (χ3v) is 4.76. The van der Waals surface area contributed by atoms with Gasteiger partial charge in [0.25, 0.3) is 5.56 Å². The molecule has 1 amide bonds. The number of anilines is 2. The summed E-state index contributed by atoms with van der Waals surface area (Å²) in [6, 6.07) is 7.09. The van der Waals surface area contributed by atoms with Crippen LogP contribution >= 0.6 is 23.1 Å². The second-order valence-electron chi connectivity index (χ2n) is 4.75. The molecule has 23 heavy (non-hydrogen) atoms. The molecule has 0 bridgehead atoms. The maximum absolute atomic E-state index is 12.0. The Morgan fingerprint density at radius 2 is 2.26 bits per heavy atom. The van der Waals surface area contributed by atoms with Crippen LogP contribution in [0.25, 0.3) is 10.2 Å². The van der Waals surface area contributed by atoms with Crippen molar-refractivity contribution in [3.63, 3.8) is 0 Å². The number of aromatic amines is 1. The molecule has 0 atom stereocenters. The van der Waals surface area contributed by atoms with Gasteiger partial charge in [-0.15, -0.1) is 0 Å². The molecule has 0 radical (unpaired) electrons. The molecule has 1 aromatic carbocycles. The summed E-state index contributed by atoms with van der Waals surface area (Å²) in [5.41, 5.74) is 7.10. The molecule has 9 heteroatoms. The molecule has 0 aliphatic heterocycles. The minimum absolute atomic E-state index is 0.0985. The van der Waals surface area contributed by atoms with Gasteiger partial charge in [-0.25, -0.2) is 9.97 Å². The predicted molar refractivity (Wildman–Crippen MR) is 93.0 cm³/mol. The van der Waals surface area contributed by atoms with Gasteiger partial charge in [0.05, 0.1) is 16.0 Å². The lowest BCUT2D eigenvalue weighted by Crippen LogP contribution is -2.15. The third kappa shape index (κ3) is 3.69. The molecule has 0 saturated heterocycles. The van der Waals surface area contributed by atoms with Gasteiger partial charge in [-0.05, 0) is 18.6 Å². The first-order valence-electron chi connectivity index (χ1n) is 6.67. The van der Waals surface area contributed by atoms with Gasteiger partial charge in [0.2, 0.25) is 5.91 Å². The molecule has 7 nitrogen and oxygen atoms in total. The van der Waals surface area contributed by atoms with Gasteiger partial charge in [0, 0.05) is 6.07 Å². The van der Waals surface area contributed by atoms with Gasteiger partial charge in [0.1, 0.15) is 5.82 Å². The molecule has 0 saturated carbocycles. The molecule has 118 valence electrons. The molecule has 3 aromatic rings. The van der Waals surface area contributed by atoms with Crippen LogP contribution < -0.4 is 16.6 Å². The van der Waals surface area contributed by atoms with Crippen molar-refractivity contribution in [1.29, 1.82) is 0 Å². The van der Waals surface area contributed by atoms with Crippen molar-refractivity contribution in [1.82, 2.24) is 15.0 Å². The number of nitrogen functional groups attached to an aromatic ring is 1. The van der Waals surface area contributed by atoms with Gasteiger partial charge in [0.15, 0.2) is 10.3 Å². The number of H-pyrrole nitrogens is 1. The quantitative estimate of drug-likeness (QED) is 0.491. The van der Waals surface area contributed by atoms with Crippen molar-refractivity contribution in [3.8, 4) is 0 Å². The SMILES string of the molecule is Cc1cccc2sc(NC(=O)CSc3nc(N)cc(=O)[nH]3)nc12. The van der Waals surface area contributed by atoms with E-state index >= 15 is 0 Å². The Labute approximate surface area is 139 Å². The monoisotopic (exact) mass is 347 g/mol. The number of aryl methyl sites for hydroxylation is 1. The van der Waals surface area contributed by atoms with Crippen LogP contribution in [-0.4, -0.2) is 26.6 Å². The lowest BCUT2D eigenvalue weighted by molar-refractivity contribution is -0.113. The predicted octanol–water partition coefficient (Wildman–Crippen LogP) is 2.00. The standard InChI is InChI=1S/C14H13N5O2S2/c1-7-3-2-4-8-12(7)19-14(23-8)18-11(21)6-22-13-16-9(15)5-10(20)17-13/h2-5H,6H2,1H3,(H,18,19,21)(H3,15,16,17,20). The number of thioether (sulfide) groups is 1. The van der Waals surface area contributed by atoms with E-state index in [1.807, 2.05) is 25.1 Å². The first kappa shape index (κ1) is 15.5. The van der Waals surface area contributed by atoms with E-state index in [-0.39, 0.29) is 23.0 Å². The van der Waals surface area contributed by atoms with Crippen molar-refractivity contribution in [2.45, 2.75) is 12.1 Å². The number of nitrogens with one attached hydrogen (secondary N) is 2. The van der Waals surface area contributed by atoms with Crippen molar-refractivity contribution >= 4 is 50.2 Å². The van der Waals surface area contributed by atoms with Crippen LogP contribution in [0.1, 0.15) is 5.56 Å². The Morgan fingerprint density at radius 3 is 3.00 bits per heavy atom. The van der Waals surface area contributed by atoms with Gasteiger partial charge in [-0.1, -0.05) is 35.2 Å². The van der Waals surface area contributed by atoms with Crippen LogP contribution in [-0.2, 0) is 4.79 Å². The Kier molecular flexibility index (Phi) is 4.30. The van der Waals surface area contributed by atoms with Gasteiger partial charge >= 0.3 is 0 Å². The molecule has 3 rings (SSSR count). The largest absolute Gasteiger partial charge is 0.383 e. The number of hydrogen-bond donors (Lipinski definition) is 3. The first-order valence-corrected chi connectivity index (χ1v) is 8.47. The number of aromatic nitrogens is 3. The number of nitrogens with two attached hydrogens (primary N) is 1. The molecular weight excluding hydrogens is 334 g/mol. The minimum atomic E-state index is -0.345. The second kappa shape index (κ2) is 6.39. The maximum atomic E-state index is 12.0. The molecular formula is C14H13N5O2S2. The fourth-order valence-electron chi connectivity index (χ4n) is 1.95. The Hall–Kier alpha value is -2.39. The van der Waals surface area contributed by atoms with Crippen LogP contribution in [0.15, 0.2) is 34.2 Å². The van der Waals surface area contributed by atoms with E-state index < -0.39 is 0 Å². The normalized spacial score (nSPS) is 10.8. The van der Waals surface area contributed by atoms with Crippen LogP contribution in [0, 0.1) is 6.92 Å². The fraction of sp³-hybridized carbons (Fsp3) is 0.143. The molecule has 4 N–H and O–H groups in total. The summed E-state index contributed by atoms with van der Waals surface area (Å²) >= 11 is 2.52. The van der Waals surface area contributed by atoms with Gasteiger partial charge in [-0.2, -0.15) is 0 Å². The zero-order valence-electron chi connectivity index (χ0n) is 12.1. The van der Waals surface area contributed by atoms with Crippen molar-refractivity contribution in [2.75, 3.05) is 16.8 Å². The average molecular weight is 347 g/mol. The van der Waals surface area contributed by atoms with E-state index in [0.29, 0.717) is 10.3 Å². The average Bonchev–Trinajstić information content (AvgIpc) is 2.88. The lowest BCUT2D eigenvalue weighted by atomic mass is 10.2. The smallest absolute Gasteiger partial charge is 0.253 e. The van der Waals surface area contributed by atoms with E-state index in [1.165, 1.54) is 17.4 Å². The molecule has 0 unspecified atom stereocenters. The van der Waals surface area contributed by atoms with Crippen LogP contribution in [0.3, 0.4) is 0 Å². The Bertz CT molecular complexity index is 934. The molecule has 2 aromatic heterocycles. The van der Waals surface area contributed by atoms with E-state index in [4.69, 9.17) is 5.73 Å². The summed E-state index contributed by atoms with van der Waals surface area (Å²) in [5, 5.41) is 3.62. The van der Waals surface area contributed by atoms with Gasteiger partial charge < -0.3 is 16.0 Å². The number of nitrogens with zero attached hydrogens (tertiary/aromatic N) is 2. The highest BCUT2D eigenvalue weighted by Gasteiger charge is 2.10. The summed E-state index contributed by atoms with van der Waals surface area (Å²) < 4.78 is 1.02. The fourth-order valence-corrected chi connectivity index (χ4v) is 3.59. The summed E-state index contributed by atoms with van der Waals surface area (Å²) in [4.78, 5) is 34.2. The summed E-state index contributed by atoms with van der Waals surface area (Å²) in [6.07, 6.45) is 0. The van der Waals surface area contributed by atoms with E-state index in [9.17, 15) is 9.59 Å². The highest BCUT2D eigenvalue weighted by Crippen LogP contribution is 2.28. The van der Waals surface area contributed by atoms with Crippen LogP contribution in [0.4, 0.5) is 10.9 Å². The number of rotatable bonds is 4.